The molecule has 2 N–H and O–H groups in total. The molecule has 154 valence electrons. The maximum atomic E-state index is 11.1. The van der Waals surface area contributed by atoms with Crippen molar-refractivity contribution in [3.05, 3.63) is 77.4 Å². The molecule has 3 aromatic carbocycles. The molecule has 0 amide bonds. The molecular formula is C27H28O3. The molecule has 30 heavy (non-hydrogen) atoms. The molecule has 0 bridgehead atoms. The maximum Gasteiger partial charge on any atom is 0.335 e. The summed E-state index contributed by atoms with van der Waals surface area (Å²) in [6.45, 7) is 9.27. The second-order valence-electron chi connectivity index (χ2n) is 9.64. The highest BCUT2D eigenvalue weighted by atomic mass is 16.4. The van der Waals surface area contributed by atoms with Crippen molar-refractivity contribution < 1.29 is 15.0 Å². The summed E-state index contributed by atoms with van der Waals surface area (Å²) in [6.07, 6.45) is 2.34. The molecule has 0 spiro atoms. The highest BCUT2D eigenvalue weighted by Gasteiger charge is 2.36. The molecule has 0 aromatic heterocycles. The number of aromatic hydroxyl groups is 1. The molecule has 0 saturated carbocycles. The standard InChI is InChI=1S/C27H28O3/c1-26(2)13-14-27(3,4)23-16-20(9-11-22(23)26)19-10-12-24(28)21(15-19)17-5-7-18(8-6-17)25(29)30/h5-12,15-16,28H,13-14H2,1-4H3,(H,29,30). The van der Waals surface area contributed by atoms with Gasteiger partial charge in [-0.1, -0.05) is 64.1 Å². The van der Waals surface area contributed by atoms with Crippen LogP contribution < -0.4 is 0 Å². The predicted molar refractivity (Wildman–Crippen MR) is 121 cm³/mol. The third kappa shape index (κ3) is 3.49. The van der Waals surface area contributed by atoms with E-state index in [1.54, 1.807) is 30.3 Å². The molecule has 1 aliphatic rings. The number of rotatable bonds is 3. The smallest absolute Gasteiger partial charge is 0.335 e. The lowest BCUT2D eigenvalue weighted by molar-refractivity contribution is 0.0697. The van der Waals surface area contributed by atoms with Gasteiger partial charge in [0.15, 0.2) is 0 Å². The van der Waals surface area contributed by atoms with Gasteiger partial charge in [-0.2, -0.15) is 0 Å². The number of hydrogen-bond acceptors (Lipinski definition) is 2. The van der Waals surface area contributed by atoms with Crippen LogP contribution in [0.25, 0.3) is 22.3 Å². The number of carboxylic acids is 1. The highest BCUT2D eigenvalue weighted by Crippen LogP contribution is 2.47. The first-order chi connectivity index (χ1) is 14.1. The van der Waals surface area contributed by atoms with Crippen LogP contribution in [0.5, 0.6) is 5.75 Å². The fourth-order valence-corrected chi connectivity index (χ4v) is 4.51. The topological polar surface area (TPSA) is 57.5 Å². The zero-order chi connectivity index (χ0) is 21.7. The SMILES string of the molecule is CC1(C)CCC(C)(C)c2cc(-c3ccc(O)c(-c4ccc(C(=O)O)cc4)c3)ccc21. The number of phenols is 1. The second-order valence-corrected chi connectivity index (χ2v) is 9.64. The van der Waals surface area contributed by atoms with E-state index < -0.39 is 5.97 Å². The average molecular weight is 401 g/mol. The van der Waals surface area contributed by atoms with Crippen LogP contribution in [0.4, 0.5) is 0 Å². The van der Waals surface area contributed by atoms with Gasteiger partial charge in [0.25, 0.3) is 0 Å². The van der Waals surface area contributed by atoms with Crippen molar-refractivity contribution in [1.82, 2.24) is 0 Å². The van der Waals surface area contributed by atoms with E-state index in [1.807, 2.05) is 12.1 Å². The summed E-state index contributed by atoms with van der Waals surface area (Å²) in [7, 11) is 0. The Kier molecular flexibility index (Phi) is 4.73. The fraction of sp³-hybridized carbons (Fsp3) is 0.296. The molecule has 0 saturated heterocycles. The lowest BCUT2D eigenvalue weighted by Gasteiger charge is -2.42. The van der Waals surface area contributed by atoms with E-state index in [4.69, 9.17) is 5.11 Å². The maximum absolute atomic E-state index is 11.1. The molecule has 3 nitrogen and oxygen atoms in total. The number of carbonyl (C=O) groups is 1. The van der Waals surface area contributed by atoms with Crippen LogP contribution in [0.15, 0.2) is 60.7 Å². The molecule has 0 fully saturated rings. The minimum atomic E-state index is -0.959. The van der Waals surface area contributed by atoms with Crippen LogP contribution in [0.1, 0.15) is 62.0 Å². The van der Waals surface area contributed by atoms with Crippen LogP contribution in [-0.2, 0) is 10.8 Å². The molecule has 0 atom stereocenters. The molecule has 0 unspecified atom stereocenters. The molecule has 3 aromatic rings. The molecule has 1 aliphatic carbocycles. The van der Waals surface area contributed by atoms with E-state index in [9.17, 15) is 9.90 Å². The number of carboxylic acid groups (broad SMARTS) is 1. The van der Waals surface area contributed by atoms with Gasteiger partial charge in [-0.15, -0.1) is 0 Å². The van der Waals surface area contributed by atoms with Crippen LogP contribution >= 0.6 is 0 Å². The zero-order valence-corrected chi connectivity index (χ0v) is 18.0. The summed E-state index contributed by atoms with van der Waals surface area (Å²) >= 11 is 0. The molecule has 3 heteroatoms. The lowest BCUT2D eigenvalue weighted by atomic mass is 9.63. The normalized spacial score (nSPS) is 16.7. The largest absolute Gasteiger partial charge is 0.507 e. The zero-order valence-electron chi connectivity index (χ0n) is 18.0. The Bertz CT molecular complexity index is 1120. The number of benzene rings is 3. The number of phenolic OH excluding ortho intramolecular Hbond substituents is 1. The Hall–Kier alpha value is -3.07. The van der Waals surface area contributed by atoms with Gasteiger partial charge in [0, 0.05) is 5.56 Å². The van der Waals surface area contributed by atoms with Gasteiger partial charge >= 0.3 is 5.97 Å². The van der Waals surface area contributed by atoms with Gasteiger partial charge in [-0.3, -0.25) is 0 Å². The predicted octanol–water partition coefficient (Wildman–Crippen LogP) is 6.77. The van der Waals surface area contributed by atoms with Gasteiger partial charge in [0.1, 0.15) is 5.75 Å². The Morgan fingerprint density at radius 1 is 0.733 bits per heavy atom. The second kappa shape index (κ2) is 7.02. The van der Waals surface area contributed by atoms with Crippen molar-refractivity contribution in [2.75, 3.05) is 0 Å². The summed E-state index contributed by atoms with van der Waals surface area (Å²) in [4.78, 5) is 11.1. The number of aromatic carboxylic acids is 1. The average Bonchev–Trinajstić information content (AvgIpc) is 2.72. The lowest BCUT2D eigenvalue weighted by Crippen LogP contribution is -2.33. The fourth-order valence-electron chi connectivity index (χ4n) is 4.51. The molecule has 0 aliphatic heterocycles. The van der Waals surface area contributed by atoms with Gasteiger partial charge in [0.2, 0.25) is 0 Å². The van der Waals surface area contributed by atoms with Crippen molar-refractivity contribution in [1.29, 1.82) is 0 Å². The van der Waals surface area contributed by atoms with Crippen molar-refractivity contribution in [2.45, 2.75) is 51.4 Å². The summed E-state index contributed by atoms with van der Waals surface area (Å²) < 4.78 is 0. The third-order valence-corrected chi connectivity index (χ3v) is 6.63. The Balaban J connectivity index is 1.79. The molecule has 4 rings (SSSR count). The van der Waals surface area contributed by atoms with Crippen molar-refractivity contribution in [3.8, 4) is 28.0 Å². The summed E-state index contributed by atoms with van der Waals surface area (Å²) in [5.74, 6) is -0.777. The van der Waals surface area contributed by atoms with Crippen molar-refractivity contribution in [2.24, 2.45) is 0 Å². The Morgan fingerprint density at radius 2 is 1.27 bits per heavy atom. The van der Waals surface area contributed by atoms with Gasteiger partial charge in [-0.05, 0) is 75.8 Å². The quantitative estimate of drug-likeness (QED) is 0.510. The Labute approximate surface area is 178 Å². The van der Waals surface area contributed by atoms with Crippen LogP contribution in [0, 0.1) is 0 Å². The van der Waals surface area contributed by atoms with E-state index in [0.29, 0.717) is 5.56 Å². The van der Waals surface area contributed by atoms with Crippen molar-refractivity contribution in [3.63, 3.8) is 0 Å². The van der Waals surface area contributed by atoms with Gasteiger partial charge < -0.3 is 10.2 Å². The van der Waals surface area contributed by atoms with E-state index in [2.05, 4.69) is 45.9 Å². The highest BCUT2D eigenvalue weighted by molar-refractivity contribution is 5.88. The van der Waals surface area contributed by atoms with Crippen LogP contribution in [-0.4, -0.2) is 16.2 Å². The summed E-state index contributed by atoms with van der Waals surface area (Å²) in [5.41, 5.74) is 7.01. The number of fused-ring (bicyclic) bond motifs is 1. The third-order valence-electron chi connectivity index (χ3n) is 6.63. The van der Waals surface area contributed by atoms with E-state index in [0.717, 1.165) is 23.1 Å². The first-order valence-electron chi connectivity index (χ1n) is 10.4. The summed E-state index contributed by atoms with van der Waals surface area (Å²) in [5, 5.41) is 19.6. The van der Waals surface area contributed by atoms with Crippen molar-refractivity contribution >= 4 is 5.97 Å². The van der Waals surface area contributed by atoms with E-state index >= 15 is 0 Å². The minimum absolute atomic E-state index is 0.132. The van der Waals surface area contributed by atoms with Gasteiger partial charge in [0.05, 0.1) is 5.56 Å². The number of hydrogen-bond donors (Lipinski definition) is 2. The van der Waals surface area contributed by atoms with E-state index in [1.165, 1.54) is 17.5 Å². The Morgan fingerprint density at radius 3 is 1.90 bits per heavy atom. The minimum Gasteiger partial charge on any atom is -0.507 e. The van der Waals surface area contributed by atoms with E-state index in [-0.39, 0.29) is 22.1 Å². The molecule has 0 heterocycles. The molecule has 0 radical (unpaired) electrons. The first kappa shape index (κ1) is 20.2. The van der Waals surface area contributed by atoms with Crippen LogP contribution in [0.2, 0.25) is 0 Å². The summed E-state index contributed by atoms with van der Waals surface area (Å²) in [6, 6.07) is 19.0. The monoisotopic (exact) mass is 400 g/mol. The first-order valence-corrected chi connectivity index (χ1v) is 10.4. The van der Waals surface area contributed by atoms with Crippen LogP contribution in [0.3, 0.4) is 0 Å². The van der Waals surface area contributed by atoms with Gasteiger partial charge in [-0.25, -0.2) is 4.79 Å². The molecular weight excluding hydrogens is 372 g/mol.